The number of hydrogen-bond donors (Lipinski definition) is 4. The molecule has 0 aliphatic heterocycles. The van der Waals surface area contributed by atoms with Crippen LogP contribution in [0.4, 0.5) is 0 Å². The fourth-order valence-electron chi connectivity index (χ4n) is 2.16. The third kappa shape index (κ3) is 5.57. The number of aliphatic hydroxyl groups excluding tert-OH is 1. The highest BCUT2D eigenvalue weighted by molar-refractivity contribution is 5.87. The van der Waals surface area contributed by atoms with E-state index in [0.29, 0.717) is 6.42 Å². The van der Waals surface area contributed by atoms with Gasteiger partial charge in [0.2, 0.25) is 11.8 Å². The van der Waals surface area contributed by atoms with Crippen LogP contribution in [-0.2, 0) is 9.59 Å². The van der Waals surface area contributed by atoms with E-state index >= 15 is 0 Å². The minimum Gasteiger partial charge on any atom is -0.393 e. The van der Waals surface area contributed by atoms with Crippen LogP contribution in [0.25, 0.3) is 0 Å². The van der Waals surface area contributed by atoms with Gasteiger partial charge in [-0.05, 0) is 31.6 Å². The molecule has 0 radical (unpaired) electrons. The summed E-state index contributed by atoms with van der Waals surface area (Å²) in [6.07, 6.45) is 2.85. The van der Waals surface area contributed by atoms with Gasteiger partial charge in [0, 0.05) is 6.04 Å². The van der Waals surface area contributed by atoms with E-state index in [9.17, 15) is 14.7 Å². The zero-order chi connectivity index (χ0) is 14.4. The minimum atomic E-state index is -0.593. The topological polar surface area (TPSA) is 104 Å². The fraction of sp³-hybridized carbons (Fsp3) is 0.846. The number of nitrogens with one attached hydrogen (secondary N) is 2. The van der Waals surface area contributed by atoms with Gasteiger partial charge in [0.25, 0.3) is 0 Å². The molecule has 19 heavy (non-hydrogen) atoms. The van der Waals surface area contributed by atoms with Gasteiger partial charge in [-0.25, -0.2) is 0 Å². The summed E-state index contributed by atoms with van der Waals surface area (Å²) >= 11 is 0. The van der Waals surface area contributed by atoms with Gasteiger partial charge in [0.15, 0.2) is 0 Å². The summed E-state index contributed by atoms with van der Waals surface area (Å²) in [6.45, 7) is 3.65. The summed E-state index contributed by atoms with van der Waals surface area (Å²) < 4.78 is 0. The summed E-state index contributed by atoms with van der Waals surface area (Å²) in [6, 6.07) is -0.587. The molecule has 6 heteroatoms. The Bertz CT molecular complexity index is 320. The number of rotatable bonds is 5. The van der Waals surface area contributed by atoms with Crippen LogP contribution in [0.5, 0.6) is 0 Å². The van der Waals surface area contributed by atoms with Crippen molar-refractivity contribution in [1.29, 1.82) is 0 Å². The first kappa shape index (κ1) is 15.9. The number of amides is 2. The maximum atomic E-state index is 11.7. The summed E-state index contributed by atoms with van der Waals surface area (Å²) in [7, 11) is 0. The third-order valence-electron chi connectivity index (χ3n) is 3.46. The van der Waals surface area contributed by atoms with Crippen LogP contribution in [-0.4, -0.2) is 41.7 Å². The van der Waals surface area contributed by atoms with Gasteiger partial charge in [0.05, 0.1) is 18.7 Å². The van der Waals surface area contributed by atoms with Crippen molar-refractivity contribution in [3.8, 4) is 0 Å². The van der Waals surface area contributed by atoms with Crippen molar-refractivity contribution in [2.24, 2.45) is 11.7 Å². The molecule has 0 aromatic carbocycles. The van der Waals surface area contributed by atoms with E-state index in [-0.39, 0.29) is 36.4 Å². The predicted molar refractivity (Wildman–Crippen MR) is 72.2 cm³/mol. The van der Waals surface area contributed by atoms with E-state index in [2.05, 4.69) is 10.6 Å². The first-order valence-corrected chi connectivity index (χ1v) is 6.91. The molecule has 5 N–H and O–H groups in total. The molecule has 1 fully saturated rings. The second-order valence-electron chi connectivity index (χ2n) is 5.57. The first-order chi connectivity index (χ1) is 8.90. The van der Waals surface area contributed by atoms with Gasteiger partial charge >= 0.3 is 0 Å². The van der Waals surface area contributed by atoms with E-state index in [1.165, 1.54) is 0 Å². The van der Waals surface area contributed by atoms with E-state index in [1.54, 1.807) is 0 Å². The SMILES string of the molecule is CC(C)[C@H](N)C(=O)NCC(=O)NC1CCCC(O)C1. The molecular weight excluding hydrogens is 246 g/mol. The van der Waals surface area contributed by atoms with Crippen LogP contribution in [0.1, 0.15) is 39.5 Å². The molecule has 1 aliphatic rings. The summed E-state index contributed by atoms with van der Waals surface area (Å²) in [5, 5.41) is 14.9. The second kappa shape index (κ2) is 7.45. The largest absolute Gasteiger partial charge is 0.393 e. The van der Waals surface area contributed by atoms with E-state index in [1.807, 2.05) is 13.8 Å². The molecular formula is C13H25N3O3. The first-order valence-electron chi connectivity index (χ1n) is 6.91. The number of carbonyl (C=O) groups is 2. The molecule has 1 saturated carbocycles. The summed E-state index contributed by atoms with van der Waals surface area (Å²) in [5.41, 5.74) is 5.67. The Morgan fingerprint density at radius 2 is 2.05 bits per heavy atom. The zero-order valence-corrected chi connectivity index (χ0v) is 11.7. The Balaban J connectivity index is 2.26. The zero-order valence-electron chi connectivity index (χ0n) is 11.7. The van der Waals surface area contributed by atoms with Crippen molar-refractivity contribution in [2.75, 3.05) is 6.54 Å². The molecule has 0 spiro atoms. The second-order valence-corrected chi connectivity index (χ2v) is 5.57. The van der Waals surface area contributed by atoms with Crippen molar-refractivity contribution in [2.45, 2.75) is 57.7 Å². The Labute approximate surface area is 114 Å². The number of aliphatic hydroxyl groups is 1. The Morgan fingerprint density at radius 3 is 2.63 bits per heavy atom. The van der Waals surface area contributed by atoms with E-state index in [4.69, 9.17) is 5.73 Å². The molecule has 110 valence electrons. The van der Waals surface area contributed by atoms with Crippen LogP contribution in [0.3, 0.4) is 0 Å². The van der Waals surface area contributed by atoms with Crippen LogP contribution in [0.2, 0.25) is 0 Å². The molecule has 2 unspecified atom stereocenters. The molecule has 0 aromatic rings. The maximum absolute atomic E-state index is 11.7. The Morgan fingerprint density at radius 1 is 1.37 bits per heavy atom. The van der Waals surface area contributed by atoms with Gasteiger partial charge in [-0.15, -0.1) is 0 Å². The van der Waals surface area contributed by atoms with Crippen molar-refractivity contribution in [1.82, 2.24) is 10.6 Å². The summed E-state index contributed by atoms with van der Waals surface area (Å²) in [4.78, 5) is 23.2. The number of carbonyl (C=O) groups excluding carboxylic acids is 2. The molecule has 0 aromatic heterocycles. The average Bonchev–Trinajstić information content (AvgIpc) is 2.34. The highest BCUT2D eigenvalue weighted by Crippen LogP contribution is 2.17. The van der Waals surface area contributed by atoms with Crippen molar-refractivity contribution >= 4 is 11.8 Å². The Hall–Kier alpha value is -1.14. The van der Waals surface area contributed by atoms with E-state index < -0.39 is 6.04 Å². The lowest BCUT2D eigenvalue weighted by atomic mass is 9.93. The minimum absolute atomic E-state index is 0.00641. The molecule has 1 rings (SSSR count). The van der Waals surface area contributed by atoms with Crippen LogP contribution in [0, 0.1) is 5.92 Å². The lowest BCUT2D eigenvalue weighted by Gasteiger charge is -2.26. The van der Waals surface area contributed by atoms with Crippen molar-refractivity contribution in [3.63, 3.8) is 0 Å². The quantitative estimate of drug-likeness (QED) is 0.541. The molecule has 6 nitrogen and oxygen atoms in total. The normalized spacial score (nSPS) is 24.9. The standard InChI is InChI=1S/C13H25N3O3/c1-8(2)12(14)13(19)15-7-11(18)16-9-4-3-5-10(17)6-9/h8-10,12,17H,3-7,14H2,1-2H3,(H,15,19)(H,16,18)/t9?,10?,12-/m0/s1. The van der Waals surface area contributed by atoms with Gasteiger partial charge in [-0.1, -0.05) is 13.8 Å². The maximum Gasteiger partial charge on any atom is 0.239 e. The molecule has 0 saturated heterocycles. The number of hydrogen-bond acceptors (Lipinski definition) is 4. The molecule has 1 aliphatic carbocycles. The lowest BCUT2D eigenvalue weighted by molar-refractivity contribution is -0.127. The van der Waals surface area contributed by atoms with Gasteiger partial charge in [-0.2, -0.15) is 0 Å². The smallest absolute Gasteiger partial charge is 0.239 e. The van der Waals surface area contributed by atoms with Crippen molar-refractivity contribution < 1.29 is 14.7 Å². The van der Waals surface area contributed by atoms with Crippen molar-refractivity contribution in [3.05, 3.63) is 0 Å². The van der Waals surface area contributed by atoms with Crippen LogP contribution < -0.4 is 16.4 Å². The highest BCUT2D eigenvalue weighted by Gasteiger charge is 2.22. The highest BCUT2D eigenvalue weighted by atomic mass is 16.3. The fourth-order valence-corrected chi connectivity index (χ4v) is 2.16. The van der Waals surface area contributed by atoms with Gasteiger partial charge < -0.3 is 21.5 Å². The summed E-state index contributed by atoms with van der Waals surface area (Å²) in [5.74, 6) is -0.506. The van der Waals surface area contributed by atoms with E-state index in [0.717, 1.165) is 19.3 Å². The Kier molecular flexibility index (Phi) is 6.24. The van der Waals surface area contributed by atoms with Gasteiger partial charge in [0.1, 0.15) is 0 Å². The van der Waals surface area contributed by atoms with Crippen LogP contribution in [0.15, 0.2) is 0 Å². The van der Waals surface area contributed by atoms with Gasteiger partial charge in [-0.3, -0.25) is 9.59 Å². The monoisotopic (exact) mass is 271 g/mol. The molecule has 0 heterocycles. The molecule has 2 amide bonds. The number of nitrogens with two attached hydrogens (primary N) is 1. The molecule has 0 bridgehead atoms. The lowest BCUT2D eigenvalue weighted by Crippen LogP contribution is -2.49. The average molecular weight is 271 g/mol. The van der Waals surface area contributed by atoms with Crippen LogP contribution >= 0.6 is 0 Å². The third-order valence-corrected chi connectivity index (χ3v) is 3.46. The predicted octanol–water partition coefficient (Wildman–Crippen LogP) is -0.494. The molecule has 3 atom stereocenters.